The number of hydrogen-bond donors (Lipinski definition) is 3. The van der Waals surface area contributed by atoms with Crippen molar-refractivity contribution < 1.29 is 19.8 Å². The second-order valence-corrected chi connectivity index (χ2v) is 10.3. The van der Waals surface area contributed by atoms with E-state index in [0.717, 1.165) is 57.3 Å². The standard InChI is InChI=1S/C30H30N4O4/c1-18-15-31-28-23(18)14-22(16-32-28)21-12-20-9-11-33(29(36)27(35)19-6-3-2-4-7-19)17-25(20)24(13-21)26-8-5-10-34(26)30(37)38/h2-4,6-7,12-16,26-27,35H,5,8-11,17H2,1H3,(H,31,32)(H,37,38)/t26-,27?/m0/s1. The highest BCUT2D eigenvalue weighted by Gasteiger charge is 2.35. The van der Waals surface area contributed by atoms with Crippen LogP contribution in [0.3, 0.4) is 0 Å². The number of pyridine rings is 1. The monoisotopic (exact) mass is 510 g/mol. The molecule has 3 N–H and O–H groups in total. The number of fused-ring (bicyclic) bond motifs is 2. The van der Waals surface area contributed by atoms with Crippen molar-refractivity contribution >= 4 is 23.0 Å². The number of H-pyrrole nitrogens is 1. The fraction of sp³-hybridized carbons (Fsp3) is 0.300. The molecule has 0 bridgehead atoms. The molecule has 4 heterocycles. The van der Waals surface area contributed by atoms with Crippen molar-refractivity contribution in [2.24, 2.45) is 0 Å². The summed E-state index contributed by atoms with van der Waals surface area (Å²) < 4.78 is 0. The summed E-state index contributed by atoms with van der Waals surface area (Å²) in [7, 11) is 0. The lowest BCUT2D eigenvalue weighted by Gasteiger charge is -2.34. The molecule has 38 heavy (non-hydrogen) atoms. The number of aromatic nitrogens is 2. The van der Waals surface area contributed by atoms with Crippen LogP contribution in [0.15, 0.2) is 60.9 Å². The Morgan fingerprint density at radius 2 is 1.92 bits per heavy atom. The van der Waals surface area contributed by atoms with E-state index in [4.69, 9.17) is 0 Å². The number of rotatable bonds is 4. The van der Waals surface area contributed by atoms with E-state index < -0.39 is 12.2 Å². The normalized spacial score (nSPS) is 18.0. The molecule has 0 spiro atoms. The molecule has 194 valence electrons. The van der Waals surface area contributed by atoms with Gasteiger partial charge in [-0.15, -0.1) is 0 Å². The molecule has 2 atom stereocenters. The van der Waals surface area contributed by atoms with Gasteiger partial charge >= 0.3 is 6.09 Å². The quantitative estimate of drug-likeness (QED) is 0.359. The summed E-state index contributed by atoms with van der Waals surface area (Å²) in [5.74, 6) is -0.337. The average molecular weight is 511 g/mol. The van der Waals surface area contributed by atoms with Gasteiger partial charge in [0.1, 0.15) is 5.65 Å². The summed E-state index contributed by atoms with van der Waals surface area (Å²) in [6, 6.07) is 15.0. The van der Waals surface area contributed by atoms with Crippen LogP contribution in [-0.4, -0.2) is 55.1 Å². The molecule has 4 aromatic rings. The molecule has 2 aliphatic heterocycles. The lowest BCUT2D eigenvalue weighted by Crippen LogP contribution is -2.40. The minimum Gasteiger partial charge on any atom is -0.465 e. The molecule has 2 amide bonds. The van der Waals surface area contributed by atoms with Crippen molar-refractivity contribution in [3.63, 3.8) is 0 Å². The van der Waals surface area contributed by atoms with Gasteiger partial charge in [-0.05, 0) is 71.7 Å². The van der Waals surface area contributed by atoms with Crippen molar-refractivity contribution in [1.82, 2.24) is 19.8 Å². The number of likely N-dealkylation sites (tertiary alicyclic amines) is 1. The van der Waals surface area contributed by atoms with Gasteiger partial charge in [0.15, 0.2) is 6.10 Å². The van der Waals surface area contributed by atoms with Gasteiger partial charge in [0, 0.05) is 43.0 Å². The summed E-state index contributed by atoms with van der Waals surface area (Å²) in [6.45, 7) is 3.36. The maximum absolute atomic E-state index is 13.3. The van der Waals surface area contributed by atoms with E-state index >= 15 is 0 Å². The SMILES string of the molecule is Cc1c[nH]c2ncc(-c3cc4c(c([C@@H]5CCCN5C(=O)O)c3)CN(C(=O)C(O)c3ccccc3)CC4)cc12. The Bertz CT molecular complexity index is 1530. The number of aliphatic hydroxyl groups is 1. The topological polar surface area (TPSA) is 110 Å². The minimum atomic E-state index is -1.23. The van der Waals surface area contributed by atoms with Crippen molar-refractivity contribution in [2.75, 3.05) is 13.1 Å². The van der Waals surface area contributed by atoms with Gasteiger partial charge in [-0.25, -0.2) is 9.78 Å². The smallest absolute Gasteiger partial charge is 0.407 e. The Kier molecular flexibility index (Phi) is 6.12. The summed E-state index contributed by atoms with van der Waals surface area (Å²) >= 11 is 0. The zero-order chi connectivity index (χ0) is 26.4. The molecule has 2 aromatic carbocycles. The summed E-state index contributed by atoms with van der Waals surface area (Å²) in [4.78, 5) is 36.4. The number of carboxylic acid groups (broad SMARTS) is 1. The van der Waals surface area contributed by atoms with Crippen molar-refractivity contribution in [3.8, 4) is 11.1 Å². The number of benzene rings is 2. The lowest BCUT2D eigenvalue weighted by molar-refractivity contribution is -0.141. The van der Waals surface area contributed by atoms with Crippen LogP contribution in [0.5, 0.6) is 0 Å². The van der Waals surface area contributed by atoms with E-state index in [9.17, 15) is 19.8 Å². The second-order valence-electron chi connectivity index (χ2n) is 10.3. The Morgan fingerprint density at radius 3 is 2.71 bits per heavy atom. The van der Waals surface area contributed by atoms with E-state index in [0.29, 0.717) is 31.6 Å². The fourth-order valence-electron chi connectivity index (χ4n) is 5.91. The molecule has 0 saturated carbocycles. The first-order chi connectivity index (χ1) is 18.4. The molecule has 1 fully saturated rings. The number of amides is 2. The van der Waals surface area contributed by atoms with Crippen LogP contribution in [0, 0.1) is 6.92 Å². The lowest BCUT2D eigenvalue weighted by atomic mass is 9.86. The Balaban J connectivity index is 1.41. The van der Waals surface area contributed by atoms with E-state index in [1.54, 1.807) is 29.2 Å². The zero-order valence-electron chi connectivity index (χ0n) is 21.2. The third-order valence-corrected chi connectivity index (χ3v) is 7.97. The van der Waals surface area contributed by atoms with E-state index in [2.05, 4.69) is 28.2 Å². The predicted molar refractivity (Wildman–Crippen MR) is 143 cm³/mol. The summed E-state index contributed by atoms with van der Waals surface area (Å²) in [6.07, 6.45) is 3.78. The number of carbonyl (C=O) groups is 2. The summed E-state index contributed by atoms with van der Waals surface area (Å²) in [5, 5.41) is 21.8. The maximum atomic E-state index is 13.3. The highest BCUT2D eigenvalue weighted by molar-refractivity contribution is 5.85. The average Bonchev–Trinajstić information content (AvgIpc) is 3.59. The third kappa shape index (κ3) is 4.20. The molecule has 1 saturated heterocycles. The van der Waals surface area contributed by atoms with Crippen LogP contribution in [0.2, 0.25) is 0 Å². The van der Waals surface area contributed by atoms with Crippen molar-refractivity contribution in [2.45, 2.75) is 44.9 Å². The van der Waals surface area contributed by atoms with E-state index in [1.165, 1.54) is 4.90 Å². The Morgan fingerprint density at radius 1 is 1.11 bits per heavy atom. The fourth-order valence-corrected chi connectivity index (χ4v) is 5.91. The zero-order valence-corrected chi connectivity index (χ0v) is 21.2. The number of nitrogens with zero attached hydrogens (tertiary/aromatic N) is 3. The molecular formula is C30H30N4O4. The second kappa shape index (κ2) is 9.61. The van der Waals surface area contributed by atoms with Crippen molar-refractivity contribution in [3.05, 3.63) is 88.7 Å². The molecule has 2 aliphatic rings. The molecule has 0 aliphatic carbocycles. The highest BCUT2D eigenvalue weighted by atomic mass is 16.4. The molecule has 2 aromatic heterocycles. The van der Waals surface area contributed by atoms with E-state index in [-0.39, 0.29) is 11.9 Å². The maximum Gasteiger partial charge on any atom is 0.407 e. The molecule has 8 nitrogen and oxygen atoms in total. The Hall–Kier alpha value is -4.17. The van der Waals surface area contributed by atoms with Crippen molar-refractivity contribution in [1.29, 1.82) is 0 Å². The molecule has 6 rings (SSSR count). The van der Waals surface area contributed by atoms with Gasteiger partial charge in [0.05, 0.1) is 6.04 Å². The van der Waals surface area contributed by atoms with Gasteiger partial charge in [-0.3, -0.25) is 4.79 Å². The number of aliphatic hydroxyl groups excluding tert-OH is 1. The molecular weight excluding hydrogens is 480 g/mol. The predicted octanol–water partition coefficient (Wildman–Crippen LogP) is 4.97. The number of aromatic amines is 1. The van der Waals surface area contributed by atoms with Crippen LogP contribution < -0.4 is 0 Å². The van der Waals surface area contributed by atoms with Crippen LogP contribution in [0.1, 0.15) is 52.8 Å². The third-order valence-electron chi connectivity index (χ3n) is 7.97. The first-order valence-corrected chi connectivity index (χ1v) is 13.0. The van der Waals surface area contributed by atoms with Gasteiger partial charge in [-0.2, -0.15) is 0 Å². The number of hydrogen-bond acceptors (Lipinski definition) is 4. The van der Waals surface area contributed by atoms with Crippen LogP contribution in [0.25, 0.3) is 22.2 Å². The molecule has 8 heteroatoms. The number of carbonyl (C=O) groups excluding carboxylic acids is 1. The largest absolute Gasteiger partial charge is 0.465 e. The number of nitrogens with one attached hydrogen (secondary N) is 1. The van der Waals surface area contributed by atoms with Crippen LogP contribution >= 0.6 is 0 Å². The first-order valence-electron chi connectivity index (χ1n) is 13.0. The van der Waals surface area contributed by atoms with Crippen LogP contribution in [-0.2, 0) is 17.8 Å². The first kappa shape index (κ1) is 24.2. The van der Waals surface area contributed by atoms with E-state index in [1.807, 2.05) is 25.4 Å². The van der Waals surface area contributed by atoms with Gasteiger partial charge < -0.3 is 25.0 Å². The van der Waals surface area contributed by atoms with Gasteiger partial charge in [0.2, 0.25) is 0 Å². The number of aryl methyl sites for hydroxylation is 1. The molecule has 0 radical (unpaired) electrons. The Labute approximate surface area is 220 Å². The van der Waals surface area contributed by atoms with Crippen LogP contribution in [0.4, 0.5) is 4.79 Å². The minimum absolute atomic E-state index is 0.277. The van der Waals surface area contributed by atoms with Gasteiger partial charge in [0.25, 0.3) is 5.91 Å². The summed E-state index contributed by atoms with van der Waals surface area (Å²) in [5.41, 5.74) is 7.52. The van der Waals surface area contributed by atoms with Gasteiger partial charge in [-0.1, -0.05) is 36.4 Å². The highest BCUT2D eigenvalue weighted by Crippen LogP contribution is 2.40. The molecule has 1 unspecified atom stereocenters.